The molecule has 17 heavy (non-hydrogen) atoms. The van der Waals surface area contributed by atoms with Crippen LogP contribution in [-0.4, -0.2) is 12.5 Å². The van der Waals surface area contributed by atoms with Gasteiger partial charge in [0.1, 0.15) is 0 Å². The van der Waals surface area contributed by atoms with Crippen LogP contribution < -0.4 is 5.32 Å². The molecule has 0 spiro atoms. The maximum atomic E-state index is 11.8. The number of carbonyl (C=O) groups is 1. The summed E-state index contributed by atoms with van der Waals surface area (Å²) < 4.78 is 0. The van der Waals surface area contributed by atoms with Gasteiger partial charge >= 0.3 is 0 Å². The van der Waals surface area contributed by atoms with Gasteiger partial charge in [0.15, 0.2) is 0 Å². The van der Waals surface area contributed by atoms with E-state index in [0.717, 1.165) is 13.0 Å². The van der Waals surface area contributed by atoms with Crippen LogP contribution in [0.2, 0.25) is 0 Å². The summed E-state index contributed by atoms with van der Waals surface area (Å²) in [5.41, 5.74) is 0. The second kappa shape index (κ2) is 7.03. The minimum absolute atomic E-state index is 0.267. The van der Waals surface area contributed by atoms with E-state index in [2.05, 4.69) is 33.0 Å². The molecule has 0 atom stereocenters. The van der Waals surface area contributed by atoms with Gasteiger partial charge in [0.25, 0.3) is 0 Å². The number of amides is 1. The third-order valence-corrected chi connectivity index (χ3v) is 4.20. The molecule has 0 aromatic carbocycles. The highest BCUT2D eigenvalue weighted by atomic mass is 16.1. The summed E-state index contributed by atoms with van der Waals surface area (Å²) in [4.78, 5) is 11.8. The van der Waals surface area contributed by atoms with E-state index < -0.39 is 0 Å². The molecule has 2 nitrogen and oxygen atoms in total. The molecule has 0 aromatic rings. The summed E-state index contributed by atoms with van der Waals surface area (Å²) in [6, 6.07) is 0. The Balaban J connectivity index is 2.25. The van der Waals surface area contributed by atoms with Gasteiger partial charge in [0, 0.05) is 13.0 Å². The van der Waals surface area contributed by atoms with Crippen molar-refractivity contribution in [3.8, 4) is 0 Å². The van der Waals surface area contributed by atoms with Crippen molar-refractivity contribution in [1.82, 2.24) is 5.32 Å². The average molecular weight is 239 g/mol. The zero-order valence-corrected chi connectivity index (χ0v) is 12.0. The molecule has 1 amide bonds. The Kier molecular flexibility index (Phi) is 6.01. The van der Waals surface area contributed by atoms with Gasteiger partial charge in [-0.15, -0.1) is 0 Å². The lowest BCUT2D eigenvalue weighted by Crippen LogP contribution is -2.34. The fraction of sp³-hybridized carbons (Fsp3) is 0.933. The summed E-state index contributed by atoms with van der Waals surface area (Å²) in [5, 5.41) is 3.13. The lowest BCUT2D eigenvalue weighted by atomic mass is 9.85. The minimum Gasteiger partial charge on any atom is -0.356 e. The molecule has 1 saturated carbocycles. The zero-order valence-electron chi connectivity index (χ0n) is 12.0. The molecule has 0 bridgehead atoms. The number of hydrogen-bond donors (Lipinski definition) is 1. The van der Waals surface area contributed by atoms with Crippen LogP contribution in [0.1, 0.15) is 59.8 Å². The Morgan fingerprint density at radius 1 is 1.12 bits per heavy atom. The van der Waals surface area contributed by atoms with Crippen molar-refractivity contribution in [1.29, 1.82) is 0 Å². The molecule has 0 radical (unpaired) electrons. The van der Waals surface area contributed by atoms with Gasteiger partial charge in [-0.25, -0.2) is 0 Å². The monoisotopic (exact) mass is 239 g/mol. The van der Waals surface area contributed by atoms with E-state index in [0.29, 0.717) is 23.7 Å². The lowest BCUT2D eigenvalue weighted by Gasteiger charge is -2.25. The third kappa shape index (κ3) is 5.10. The van der Waals surface area contributed by atoms with Crippen LogP contribution in [0.3, 0.4) is 0 Å². The predicted octanol–water partition coefficient (Wildman–Crippen LogP) is 3.61. The summed E-state index contributed by atoms with van der Waals surface area (Å²) in [6.07, 6.45) is 5.90. The van der Waals surface area contributed by atoms with Crippen molar-refractivity contribution in [3.63, 3.8) is 0 Å². The molecule has 0 aliphatic heterocycles. The first-order chi connectivity index (χ1) is 8.00. The van der Waals surface area contributed by atoms with Crippen LogP contribution in [0, 0.1) is 23.7 Å². The largest absolute Gasteiger partial charge is 0.356 e. The van der Waals surface area contributed by atoms with Gasteiger partial charge in [0.2, 0.25) is 5.91 Å². The standard InChI is InChI=1S/C15H29NO/c1-11(2)14(12(3)4)10-16-15(17)9-13-7-5-6-8-13/h11-14H,5-10H2,1-4H3,(H,16,17). The first-order valence-electron chi connectivity index (χ1n) is 7.27. The number of nitrogens with one attached hydrogen (secondary N) is 1. The van der Waals surface area contributed by atoms with Crippen molar-refractivity contribution >= 4 is 5.91 Å². The van der Waals surface area contributed by atoms with E-state index in [1.807, 2.05) is 0 Å². The average Bonchev–Trinajstić information content (AvgIpc) is 2.69. The Morgan fingerprint density at radius 3 is 2.12 bits per heavy atom. The van der Waals surface area contributed by atoms with Crippen LogP contribution in [0.25, 0.3) is 0 Å². The van der Waals surface area contributed by atoms with Gasteiger partial charge in [-0.1, -0.05) is 40.5 Å². The summed E-state index contributed by atoms with van der Waals surface area (Å²) in [7, 11) is 0. The van der Waals surface area contributed by atoms with E-state index in [1.165, 1.54) is 25.7 Å². The molecule has 1 rings (SSSR count). The maximum absolute atomic E-state index is 11.8. The molecule has 1 aliphatic carbocycles. The molecule has 1 fully saturated rings. The summed E-state index contributed by atoms with van der Waals surface area (Å²) >= 11 is 0. The van der Waals surface area contributed by atoms with Crippen LogP contribution in [0.5, 0.6) is 0 Å². The Labute approximate surface area is 107 Å². The van der Waals surface area contributed by atoms with Crippen molar-refractivity contribution in [2.24, 2.45) is 23.7 Å². The molecule has 1 aliphatic rings. The van der Waals surface area contributed by atoms with Gasteiger partial charge in [-0.05, 0) is 36.5 Å². The highest BCUT2D eigenvalue weighted by Gasteiger charge is 2.21. The molecule has 1 N–H and O–H groups in total. The third-order valence-electron chi connectivity index (χ3n) is 4.20. The highest BCUT2D eigenvalue weighted by Crippen LogP contribution is 2.27. The topological polar surface area (TPSA) is 29.1 Å². The zero-order chi connectivity index (χ0) is 12.8. The predicted molar refractivity (Wildman–Crippen MR) is 72.8 cm³/mol. The van der Waals surface area contributed by atoms with Crippen LogP contribution in [-0.2, 0) is 4.79 Å². The fourth-order valence-electron chi connectivity index (χ4n) is 3.02. The molecule has 0 aromatic heterocycles. The number of rotatable bonds is 6. The van der Waals surface area contributed by atoms with E-state index >= 15 is 0 Å². The molecule has 0 unspecified atom stereocenters. The molecular weight excluding hydrogens is 210 g/mol. The first-order valence-corrected chi connectivity index (χ1v) is 7.27. The van der Waals surface area contributed by atoms with Crippen molar-refractivity contribution in [2.45, 2.75) is 59.8 Å². The van der Waals surface area contributed by atoms with Gasteiger partial charge in [-0.3, -0.25) is 4.79 Å². The maximum Gasteiger partial charge on any atom is 0.220 e. The van der Waals surface area contributed by atoms with Crippen molar-refractivity contribution < 1.29 is 4.79 Å². The van der Waals surface area contributed by atoms with E-state index in [1.54, 1.807) is 0 Å². The van der Waals surface area contributed by atoms with Gasteiger partial charge in [-0.2, -0.15) is 0 Å². The van der Waals surface area contributed by atoms with Crippen LogP contribution in [0.4, 0.5) is 0 Å². The lowest BCUT2D eigenvalue weighted by molar-refractivity contribution is -0.122. The van der Waals surface area contributed by atoms with E-state index in [4.69, 9.17) is 0 Å². The van der Waals surface area contributed by atoms with Crippen LogP contribution >= 0.6 is 0 Å². The number of carbonyl (C=O) groups excluding carboxylic acids is 1. The Morgan fingerprint density at radius 2 is 1.65 bits per heavy atom. The second-order valence-corrected chi connectivity index (χ2v) is 6.31. The highest BCUT2D eigenvalue weighted by molar-refractivity contribution is 5.76. The fourth-order valence-corrected chi connectivity index (χ4v) is 3.02. The molecule has 100 valence electrons. The first kappa shape index (κ1) is 14.5. The van der Waals surface area contributed by atoms with Crippen molar-refractivity contribution in [2.75, 3.05) is 6.54 Å². The van der Waals surface area contributed by atoms with Crippen molar-refractivity contribution in [3.05, 3.63) is 0 Å². The Bertz CT molecular complexity index is 221. The van der Waals surface area contributed by atoms with E-state index in [-0.39, 0.29) is 5.91 Å². The second-order valence-electron chi connectivity index (χ2n) is 6.31. The normalized spacial score (nSPS) is 17.4. The molecule has 2 heteroatoms. The minimum atomic E-state index is 0.267. The van der Waals surface area contributed by atoms with E-state index in [9.17, 15) is 4.79 Å². The number of hydrogen-bond acceptors (Lipinski definition) is 1. The van der Waals surface area contributed by atoms with Gasteiger partial charge in [0.05, 0.1) is 0 Å². The smallest absolute Gasteiger partial charge is 0.220 e. The SMILES string of the molecule is CC(C)C(CNC(=O)CC1CCCC1)C(C)C. The van der Waals surface area contributed by atoms with Gasteiger partial charge < -0.3 is 5.32 Å². The summed E-state index contributed by atoms with van der Waals surface area (Å²) in [6.45, 7) is 9.82. The Hall–Kier alpha value is -0.530. The van der Waals surface area contributed by atoms with Crippen LogP contribution in [0.15, 0.2) is 0 Å². The molecule has 0 heterocycles. The molecular formula is C15H29NO. The summed E-state index contributed by atoms with van der Waals surface area (Å²) in [5.74, 6) is 2.81. The quantitative estimate of drug-likeness (QED) is 0.753. The molecule has 0 saturated heterocycles.